The summed E-state index contributed by atoms with van der Waals surface area (Å²) in [5.41, 5.74) is -0.549. The maximum absolute atomic E-state index is 13.8. The third-order valence-electron chi connectivity index (χ3n) is 6.55. The average Bonchev–Trinajstić information content (AvgIpc) is 2.78. The summed E-state index contributed by atoms with van der Waals surface area (Å²) >= 11 is 0. The Morgan fingerprint density at radius 2 is 2.08 bits per heavy atom. The van der Waals surface area contributed by atoms with Crippen LogP contribution in [0.5, 0.6) is 0 Å². The van der Waals surface area contributed by atoms with E-state index in [1.807, 2.05) is 6.92 Å². The molecule has 3 heterocycles. The van der Waals surface area contributed by atoms with Gasteiger partial charge >= 0.3 is 6.18 Å². The summed E-state index contributed by atoms with van der Waals surface area (Å²) < 4.78 is 59.2. The number of allylic oxidation sites excluding steroid dienone is 1. The molecule has 0 aromatic rings. The summed E-state index contributed by atoms with van der Waals surface area (Å²) in [5, 5.41) is 3.03. The number of halogens is 3. The van der Waals surface area contributed by atoms with E-state index in [0.29, 0.717) is 25.3 Å². The normalized spacial score (nSPS) is 44.5. The van der Waals surface area contributed by atoms with Crippen molar-refractivity contribution in [1.29, 1.82) is 0 Å². The summed E-state index contributed by atoms with van der Waals surface area (Å²) in [6.45, 7) is 8.15. The van der Waals surface area contributed by atoms with Crippen molar-refractivity contribution in [2.24, 2.45) is 17.8 Å². The fourth-order valence-electron chi connectivity index (χ4n) is 5.51. The van der Waals surface area contributed by atoms with E-state index in [1.54, 1.807) is 6.08 Å². The largest absolute Gasteiger partial charge is 0.456 e. The number of hydrogen-bond donors (Lipinski definition) is 1. The molecule has 2 saturated heterocycles. The van der Waals surface area contributed by atoms with Crippen molar-refractivity contribution >= 4 is 0 Å². The second-order valence-electron chi connectivity index (χ2n) is 8.18. The Bertz CT molecular complexity index is 634. The fraction of sp³-hybridized carbons (Fsp3) is 0.789. The first-order valence-electron chi connectivity index (χ1n) is 9.38. The maximum Gasteiger partial charge on any atom is 0.449 e. The van der Waals surface area contributed by atoms with E-state index in [0.717, 1.165) is 12.8 Å². The van der Waals surface area contributed by atoms with Gasteiger partial charge in [0.15, 0.2) is 5.79 Å². The zero-order valence-corrected chi connectivity index (χ0v) is 15.2. The van der Waals surface area contributed by atoms with Crippen molar-refractivity contribution in [2.45, 2.75) is 63.4 Å². The summed E-state index contributed by atoms with van der Waals surface area (Å²) in [7, 11) is 0. The molecule has 0 aromatic heterocycles. The van der Waals surface area contributed by atoms with Crippen molar-refractivity contribution in [1.82, 2.24) is 5.32 Å². The van der Waals surface area contributed by atoms with Gasteiger partial charge < -0.3 is 19.5 Å². The van der Waals surface area contributed by atoms with E-state index in [-0.39, 0.29) is 24.0 Å². The second kappa shape index (κ2) is 5.97. The Kier molecular flexibility index (Phi) is 4.21. The van der Waals surface area contributed by atoms with E-state index in [2.05, 4.69) is 18.8 Å². The van der Waals surface area contributed by atoms with Crippen molar-refractivity contribution < 1.29 is 27.4 Å². The van der Waals surface area contributed by atoms with Crippen LogP contribution in [0.1, 0.15) is 39.5 Å². The SMILES string of the molecule is C=CCNCC1=C(C(F)(F)F)O[C@@H]2O[C@@]3(C)CCC4[C@H](C)CC[C@@H]1[C@]42O3. The van der Waals surface area contributed by atoms with Gasteiger partial charge in [-0.15, -0.1) is 6.58 Å². The standard InChI is InChI=1S/C19H26F3NO3/c1-4-9-23-10-12-14-6-5-11(2)13-7-8-17(3)25-16(18(13,14)26-17)24-15(12)19(20,21)22/h4,11,13-14,16,23H,1,5-10H2,2-3H3/t11-,13?,14+,16-,17-,18-/m1/s1. The Balaban J connectivity index is 1.80. The molecular formula is C19H26F3NO3. The van der Waals surface area contributed by atoms with Crippen molar-refractivity contribution in [3.05, 3.63) is 24.0 Å². The summed E-state index contributed by atoms with van der Waals surface area (Å²) in [6.07, 6.45) is -0.789. The topological polar surface area (TPSA) is 39.7 Å². The molecular weight excluding hydrogens is 347 g/mol. The lowest BCUT2D eigenvalue weighted by molar-refractivity contribution is -0.249. The van der Waals surface area contributed by atoms with Crippen molar-refractivity contribution in [3.63, 3.8) is 0 Å². The highest BCUT2D eigenvalue weighted by Crippen LogP contribution is 2.63. The molecule has 7 heteroatoms. The molecule has 3 fully saturated rings. The monoisotopic (exact) mass is 373 g/mol. The molecule has 4 rings (SSSR count). The first-order valence-corrected chi connectivity index (χ1v) is 9.38. The molecule has 6 atom stereocenters. The van der Waals surface area contributed by atoms with E-state index < -0.39 is 29.6 Å². The maximum atomic E-state index is 13.8. The average molecular weight is 373 g/mol. The molecule has 0 amide bonds. The van der Waals surface area contributed by atoms with Gasteiger partial charge in [0.2, 0.25) is 12.0 Å². The number of ether oxygens (including phenoxy) is 3. The minimum atomic E-state index is -4.55. The highest BCUT2D eigenvalue weighted by Gasteiger charge is 2.72. The summed E-state index contributed by atoms with van der Waals surface area (Å²) in [4.78, 5) is 0. The number of nitrogens with one attached hydrogen (secondary N) is 1. The number of alkyl halides is 3. The highest BCUT2D eigenvalue weighted by molar-refractivity contribution is 5.30. The third-order valence-corrected chi connectivity index (χ3v) is 6.55. The van der Waals surface area contributed by atoms with Crippen LogP contribution in [0.4, 0.5) is 13.2 Å². The third kappa shape index (κ3) is 2.54. The van der Waals surface area contributed by atoms with E-state index in [1.165, 1.54) is 0 Å². The van der Waals surface area contributed by atoms with Gasteiger partial charge in [0.25, 0.3) is 0 Å². The Hall–Kier alpha value is -1.05. The van der Waals surface area contributed by atoms with Crippen LogP contribution in [0.2, 0.25) is 0 Å². The molecule has 4 nitrogen and oxygen atoms in total. The quantitative estimate of drug-likeness (QED) is 0.599. The second-order valence-corrected chi connectivity index (χ2v) is 8.18. The molecule has 1 unspecified atom stereocenters. The molecule has 1 N–H and O–H groups in total. The molecule has 3 aliphatic heterocycles. The van der Waals surface area contributed by atoms with Crippen LogP contribution in [0, 0.1) is 17.8 Å². The first-order chi connectivity index (χ1) is 12.2. The minimum Gasteiger partial charge on any atom is -0.456 e. The van der Waals surface area contributed by atoms with Gasteiger partial charge in [0.05, 0.1) is 0 Å². The fourth-order valence-corrected chi connectivity index (χ4v) is 5.51. The number of fused-ring (bicyclic) bond motifs is 1. The van der Waals surface area contributed by atoms with Crippen LogP contribution in [-0.2, 0) is 14.2 Å². The molecule has 1 saturated carbocycles. The van der Waals surface area contributed by atoms with Gasteiger partial charge in [-0.3, -0.25) is 0 Å². The van der Waals surface area contributed by atoms with Gasteiger partial charge in [-0.1, -0.05) is 13.0 Å². The molecule has 146 valence electrons. The molecule has 1 aliphatic carbocycles. The van der Waals surface area contributed by atoms with Crippen LogP contribution in [-0.4, -0.2) is 36.9 Å². The van der Waals surface area contributed by atoms with Gasteiger partial charge in [-0.05, 0) is 43.6 Å². The summed E-state index contributed by atoms with van der Waals surface area (Å²) in [6, 6.07) is 0. The zero-order chi connectivity index (χ0) is 18.7. The van der Waals surface area contributed by atoms with E-state index in [9.17, 15) is 13.2 Å². The first kappa shape index (κ1) is 18.3. The Morgan fingerprint density at radius 1 is 1.31 bits per heavy atom. The van der Waals surface area contributed by atoms with Crippen LogP contribution in [0.3, 0.4) is 0 Å². The molecule has 0 radical (unpaired) electrons. The van der Waals surface area contributed by atoms with Crippen LogP contribution in [0.25, 0.3) is 0 Å². The molecule has 26 heavy (non-hydrogen) atoms. The smallest absolute Gasteiger partial charge is 0.449 e. The van der Waals surface area contributed by atoms with E-state index >= 15 is 0 Å². The zero-order valence-electron chi connectivity index (χ0n) is 15.2. The van der Waals surface area contributed by atoms with Gasteiger partial charge in [-0.2, -0.15) is 13.2 Å². The highest BCUT2D eigenvalue weighted by atomic mass is 19.4. The lowest BCUT2D eigenvalue weighted by Gasteiger charge is -2.55. The van der Waals surface area contributed by atoms with Crippen LogP contribution in [0.15, 0.2) is 24.0 Å². The number of hydrogen-bond acceptors (Lipinski definition) is 4. The lowest BCUT2D eigenvalue weighted by Crippen LogP contribution is -2.63. The number of rotatable bonds is 4. The summed E-state index contributed by atoms with van der Waals surface area (Å²) in [5.74, 6) is -1.59. The van der Waals surface area contributed by atoms with Gasteiger partial charge in [0, 0.05) is 25.4 Å². The predicted molar refractivity (Wildman–Crippen MR) is 88.9 cm³/mol. The Labute approximate surface area is 151 Å². The predicted octanol–water partition coefficient (Wildman–Crippen LogP) is 3.89. The molecule has 2 bridgehead atoms. The van der Waals surface area contributed by atoms with Crippen LogP contribution >= 0.6 is 0 Å². The minimum absolute atomic E-state index is 0.112. The van der Waals surface area contributed by atoms with Crippen molar-refractivity contribution in [3.8, 4) is 0 Å². The lowest BCUT2D eigenvalue weighted by atomic mass is 9.58. The van der Waals surface area contributed by atoms with Gasteiger partial charge in [0.1, 0.15) is 5.60 Å². The van der Waals surface area contributed by atoms with Crippen molar-refractivity contribution in [2.75, 3.05) is 13.1 Å². The van der Waals surface area contributed by atoms with Gasteiger partial charge in [-0.25, -0.2) is 0 Å². The van der Waals surface area contributed by atoms with E-state index in [4.69, 9.17) is 14.2 Å². The van der Waals surface area contributed by atoms with Crippen LogP contribution < -0.4 is 5.32 Å². The molecule has 4 aliphatic rings. The molecule has 0 aromatic carbocycles. The Morgan fingerprint density at radius 3 is 2.77 bits per heavy atom. The molecule has 1 spiro atoms.